The van der Waals surface area contributed by atoms with Gasteiger partial charge < -0.3 is 9.15 Å². The average molecular weight is 288 g/mol. The van der Waals surface area contributed by atoms with E-state index >= 15 is 0 Å². The Hall–Kier alpha value is -2.10. The molecule has 0 fully saturated rings. The lowest BCUT2D eigenvalue weighted by Crippen LogP contribution is -2.00. The number of Topliss-reactive ketones (excluding diaryl/α,β-unsaturated/α-hetero) is 2. The number of carbonyl (C=O) groups is 2. The zero-order chi connectivity index (χ0) is 15.4. The van der Waals surface area contributed by atoms with E-state index in [2.05, 4.69) is 6.92 Å². The molecule has 0 saturated carbocycles. The molecule has 2 rings (SSSR count). The summed E-state index contributed by atoms with van der Waals surface area (Å²) in [6.45, 7) is 3.54. The summed E-state index contributed by atoms with van der Waals surface area (Å²) in [5, 5.41) is 0.654. The number of benzene rings is 1. The predicted octanol–water partition coefficient (Wildman–Crippen LogP) is 4.41. The number of ether oxygens (including phenoxy) is 1. The van der Waals surface area contributed by atoms with Gasteiger partial charge in [0.05, 0.1) is 7.11 Å². The lowest BCUT2D eigenvalue weighted by molar-refractivity contribution is 0.0976. The van der Waals surface area contributed by atoms with Crippen LogP contribution < -0.4 is 4.74 Å². The quantitative estimate of drug-likeness (QED) is 0.559. The van der Waals surface area contributed by atoms with Crippen molar-refractivity contribution in [2.45, 2.75) is 39.5 Å². The summed E-state index contributed by atoms with van der Waals surface area (Å²) in [5.74, 6) is 0.685. The zero-order valence-electron chi connectivity index (χ0n) is 12.7. The normalized spacial score (nSPS) is 10.8. The van der Waals surface area contributed by atoms with Crippen molar-refractivity contribution in [3.63, 3.8) is 0 Å². The van der Waals surface area contributed by atoms with E-state index < -0.39 is 0 Å². The standard InChI is InChI=1S/C17H20O4/c1-4-5-6-7-14(19)12-8-9-15(20-3)17-13(12)10-16(21-17)11(2)18/h8-10H,4-7H2,1-3H3. The van der Waals surface area contributed by atoms with Crippen molar-refractivity contribution in [2.75, 3.05) is 7.11 Å². The van der Waals surface area contributed by atoms with E-state index in [1.165, 1.54) is 14.0 Å². The summed E-state index contributed by atoms with van der Waals surface area (Å²) >= 11 is 0. The molecule has 0 amide bonds. The Morgan fingerprint density at radius 2 is 2.00 bits per heavy atom. The van der Waals surface area contributed by atoms with Gasteiger partial charge in [-0.2, -0.15) is 0 Å². The monoisotopic (exact) mass is 288 g/mol. The van der Waals surface area contributed by atoms with E-state index in [-0.39, 0.29) is 17.3 Å². The minimum absolute atomic E-state index is 0.0759. The van der Waals surface area contributed by atoms with E-state index in [9.17, 15) is 9.59 Å². The van der Waals surface area contributed by atoms with Crippen molar-refractivity contribution in [1.82, 2.24) is 0 Å². The lowest BCUT2D eigenvalue weighted by Gasteiger charge is -2.05. The van der Waals surface area contributed by atoms with Gasteiger partial charge in [0.1, 0.15) is 0 Å². The molecule has 2 aromatic rings. The van der Waals surface area contributed by atoms with Gasteiger partial charge in [0.25, 0.3) is 0 Å². The number of fused-ring (bicyclic) bond motifs is 1. The van der Waals surface area contributed by atoms with Gasteiger partial charge in [-0.1, -0.05) is 19.8 Å². The van der Waals surface area contributed by atoms with Crippen LogP contribution in [0.3, 0.4) is 0 Å². The number of rotatable bonds is 7. The number of furan rings is 1. The van der Waals surface area contributed by atoms with Gasteiger partial charge in [0, 0.05) is 24.3 Å². The third-order valence-electron chi connectivity index (χ3n) is 3.52. The predicted molar refractivity (Wildman–Crippen MR) is 81.2 cm³/mol. The molecule has 0 saturated heterocycles. The van der Waals surface area contributed by atoms with Gasteiger partial charge in [0.15, 0.2) is 28.7 Å². The van der Waals surface area contributed by atoms with Crippen LogP contribution in [-0.4, -0.2) is 18.7 Å². The van der Waals surface area contributed by atoms with Gasteiger partial charge in [-0.3, -0.25) is 9.59 Å². The summed E-state index contributed by atoms with van der Waals surface area (Å²) in [7, 11) is 1.54. The average Bonchev–Trinajstić information content (AvgIpc) is 2.91. The van der Waals surface area contributed by atoms with Crippen molar-refractivity contribution in [2.24, 2.45) is 0 Å². The molecule has 4 nitrogen and oxygen atoms in total. The molecule has 0 aliphatic carbocycles. The fraction of sp³-hybridized carbons (Fsp3) is 0.412. The van der Waals surface area contributed by atoms with Crippen molar-refractivity contribution < 1.29 is 18.7 Å². The van der Waals surface area contributed by atoms with Gasteiger partial charge in [-0.15, -0.1) is 0 Å². The highest BCUT2D eigenvalue weighted by molar-refractivity contribution is 6.10. The maximum Gasteiger partial charge on any atom is 0.194 e. The molecule has 0 aliphatic rings. The van der Waals surface area contributed by atoms with Crippen LogP contribution in [0.4, 0.5) is 0 Å². The second-order valence-corrected chi connectivity index (χ2v) is 5.11. The Kier molecular flexibility index (Phi) is 4.78. The minimum atomic E-state index is -0.169. The number of carbonyl (C=O) groups excluding carboxylic acids is 2. The first-order valence-electron chi connectivity index (χ1n) is 7.23. The molecular weight excluding hydrogens is 268 g/mol. The molecule has 0 aliphatic heterocycles. The van der Waals surface area contributed by atoms with Gasteiger partial charge in [-0.25, -0.2) is 0 Å². The second-order valence-electron chi connectivity index (χ2n) is 5.11. The van der Waals surface area contributed by atoms with Gasteiger partial charge >= 0.3 is 0 Å². The summed E-state index contributed by atoms with van der Waals surface area (Å²) in [5.41, 5.74) is 1.06. The highest BCUT2D eigenvalue weighted by Gasteiger charge is 2.18. The number of unbranched alkanes of at least 4 members (excludes halogenated alkanes) is 2. The molecule has 0 spiro atoms. The zero-order valence-corrected chi connectivity index (χ0v) is 12.7. The third kappa shape index (κ3) is 3.15. The molecule has 112 valence electrons. The third-order valence-corrected chi connectivity index (χ3v) is 3.52. The molecular formula is C17H20O4. The largest absolute Gasteiger partial charge is 0.493 e. The Bertz CT molecular complexity index is 667. The Labute approximate surface area is 124 Å². The number of hydrogen-bond acceptors (Lipinski definition) is 4. The molecule has 1 aromatic carbocycles. The maximum absolute atomic E-state index is 12.3. The molecule has 0 unspecified atom stereocenters. The van der Waals surface area contributed by atoms with Crippen LogP contribution in [0.1, 0.15) is 60.4 Å². The molecule has 1 heterocycles. The van der Waals surface area contributed by atoms with Crippen LogP contribution in [-0.2, 0) is 0 Å². The minimum Gasteiger partial charge on any atom is -0.493 e. The molecule has 21 heavy (non-hydrogen) atoms. The van der Waals surface area contributed by atoms with E-state index in [0.29, 0.717) is 28.7 Å². The van der Waals surface area contributed by atoms with Crippen LogP contribution in [0, 0.1) is 0 Å². The number of methoxy groups -OCH3 is 1. The number of hydrogen-bond donors (Lipinski definition) is 0. The molecule has 0 N–H and O–H groups in total. The first kappa shape index (κ1) is 15.3. The summed E-state index contributed by atoms with van der Waals surface area (Å²) < 4.78 is 10.8. The van der Waals surface area contributed by atoms with Crippen LogP contribution in [0.25, 0.3) is 11.0 Å². The summed E-state index contributed by atoms with van der Waals surface area (Å²) in [6, 6.07) is 5.09. The summed E-state index contributed by atoms with van der Waals surface area (Å²) in [6.07, 6.45) is 3.50. The van der Waals surface area contributed by atoms with E-state index in [4.69, 9.17) is 9.15 Å². The van der Waals surface area contributed by atoms with Crippen LogP contribution >= 0.6 is 0 Å². The highest BCUT2D eigenvalue weighted by Crippen LogP contribution is 2.32. The van der Waals surface area contributed by atoms with Crippen molar-refractivity contribution in [3.8, 4) is 5.75 Å². The van der Waals surface area contributed by atoms with E-state index in [1.807, 2.05) is 0 Å². The first-order chi connectivity index (χ1) is 10.1. The van der Waals surface area contributed by atoms with Crippen LogP contribution in [0.5, 0.6) is 5.75 Å². The lowest BCUT2D eigenvalue weighted by atomic mass is 10.0. The molecule has 4 heteroatoms. The van der Waals surface area contributed by atoms with E-state index in [0.717, 1.165) is 19.3 Å². The molecule has 0 radical (unpaired) electrons. The topological polar surface area (TPSA) is 56.5 Å². The Balaban J connectivity index is 2.44. The molecule has 0 atom stereocenters. The SMILES string of the molecule is CCCCCC(=O)c1ccc(OC)c2oc(C(C)=O)cc12. The fourth-order valence-electron chi connectivity index (χ4n) is 2.35. The van der Waals surface area contributed by atoms with Crippen molar-refractivity contribution in [3.05, 3.63) is 29.5 Å². The first-order valence-corrected chi connectivity index (χ1v) is 7.23. The van der Waals surface area contributed by atoms with Crippen LogP contribution in [0.15, 0.2) is 22.6 Å². The van der Waals surface area contributed by atoms with Crippen molar-refractivity contribution in [1.29, 1.82) is 0 Å². The fourth-order valence-corrected chi connectivity index (χ4v) is 2.35. The maximum atomic E-state index is 12.3. The van der Waals surface area contributed by atoms with E-state index in [1.54, 1.807) is 18.2 Å². The van der Waals surface area contributed by atoms with Gasteiger partial charge in [0.2, 0.25) is 0 Å². The summed E-state index contributed by atoms with van der Waals surface area (Å²) in [4.78, 5) is 23.8. The van der Waals surface area contributed by atoms with Crippen molar-refractivity contribution >= 4 is 22.5 Å². The highest BCUT2D eigenvalue weighted by atomic mass is 16.5. The molecule has 1 aromatic heterocycles. The second kappa shape index (κ2) is 6.57. The smallest absolute Gasteiger partial charge is 0.194 e. The van der Waals surface area contributed by atoms with Gasteiger partial charge in [-0.05, 0) is 24.6 Å². The molecule has 0 bridgehead atoms. The van der Waals surface area contributed by atoms with Crippen LogP contribution in [0.2, 0.25) is 0 Å². The Morgan fingerprint density at radius 3 is 2.62 bits per heavy atom. The Morgan fingerprint density at radius 1 is 1.24 bits per heavy atom. The number of ketones is 2.